The molecule has 212 valence electrons. The zero-order chi connectivity index (χ0) is 29.9. The first-order valence-corrected chi connectivity index (χ1v) is 13.3. The van der Waals surface area contributed by atoms with E-state index in [9.17, 15) is 14.3 Å². The van der Waals surface area contributed by atoms with Crippen molar-refractivity contribution in [3.63, 3.8) is 0 Å². The lowest BCUT2D eigenvalue weighted by Gasteiger charge is -2.11. The van der Waals surface area contributed by atoms with Crippen molar-refractivity contribution in [1.82, 2.24) is 9.55 Å². The SMILES string of the molecule is [C-]#[N+]c1ccc(COc2cccc(-c3ccc(Cc4nc5ccc(C(=O)O)cc5n4Cc4ccco4)c(F)c3)c2)c(F)c1. The van der Waals surface area contributed by atoms with Crippen molar-refractivity contribution >= 4 is 22.7 Å². The van der Waals surface area contributed by atoms with E-state index >= 15 is 4.39 Å². The summed E-state index contributed by atoms with van der Waals surface area (Å²) >= 11 is 0. The van der Waals surface area contributed by atoms with E-state index in [1.165, 1.54) is 30.3 Å². The van der Waals surface area contributed by atoms with Gasteiger partial charge in [-0.15, -0.1) is 0 Å². The molecule has 0 radical (unpaired) electrons. The van der Waals surface area contributed by atoms with E-state index in [4.69, 9.17) is 15.7 Å². The molecule has 0 aliphatic carbocycles. The predicted molar refractivity (Wildman–Crippen MR) is 156 cm³/mol. The van der Waals surface area contributed by atoms with Crippen molar-refractivity contribution in [2.75, 3.05) is 0 Å². The molecule has 7 nitrogen and oxygen atoms in total. The summed E-state index contributed by atoms with van der Waals surface area (Å²) in [5, 5.41) is 9.49. The average Bonchev–Trinajstić information content (AvgIpc) is 3.65. The number of hydrogen-bond acceptors (Lipinski definition) is 4. The number of carboxylic acid groups (broad SMARTS) is 1. The van der Waals surface area contributed by atoms with Gasteiger partial charge in [0, 0.05) is 12.0 Å². The van der Waals surface area contributed by atoms with Crippen molar-refractivity contribution in [2.45, 2.75) is 19.6 Å². The molecular formula is C34H23F2N3O4. The average molecular weight is 576 g/mol. The number of fused-ring (bicyclic) bond motifs is 1. The van der Waals surface area contributed by atoms with Crippen LogP contribution in [0, 0.1) is 18.2 Å². The lowest BCUT2D eigenvalue weighted by atomic mass is 10.0. The molecule has 2 aromatic heterocycles. The van der Waals surface area contributed by atoms with E-state index in [1.807, 2.05) is 22.8 Å². The van der Waals surface area contributed by atoms with Gasteiger partial charge in [-0.05, 0) is 71.3 Å². The van der Waals surface area contributed by atoms with Crippen LogP contribution >= 0.6 is 0 Å². The summed E-state index contributed by atoms with van der Waals surface area (Å²) in [4.78, 5) is 19.5. The molecule has 6 aromatic rings. The van der Waals surface area contributed by atoms with Crippen LogP contribution in [0.25, 0.3) is 27.0 Å². The van der Waals surface area contributed by atoms with Gasteiger partial charge in [0.05, 0.1) is 36.0 Å². The third-order valence-electron chi connectivity index (χ3n) is 7.10. The fraction of sp³-hybridized carbons (Fsp3) is 0.0882. The van der Waals surface area contributed by atoms with E-state index in [2.05, 4.69) is 9.83 Å². The minimum absolute atomic E-state index is 0.0200. The minimum Gasteiger partial charge on any atom is -0.489 e. The molecule has 0 aliphatic rings. The molecule has 6 rings (SSSR count). The van der Waals surface area contributed by atoms with Gasteiger partial charge in [0.25, 0.3) is 0 Å². The van der Waals surface area contributed by atoms with Crippen molar-refractivity contribution in [1.29, 1.82) is 0 Å². The number of aromatic nitrogens is 2. The normalized spacial score (nSPS) is 11.0. The summed E-state index contributed by atoms with van der Waals surface area (Å²) in [6.07, 6.45) is 1.73. The number of carboxylic acids is 1. The summed E-state index contributed by atoms with van der Waals surface area (Å²) in [6.45, 7) is 7.29. The van der Waals surface area contributed by atoms with Crippen LogP contribution in [0.5, 0.6) is 5.75 Å². The Kier molecular flexibility index (Phi) is 7.41. The lowest BCUT2D eigenvalue weighted by Crippen LogP contribution is -2.07. The van der Waals surface area contributed by atoms with Crippen LogP contribution in [0.1, 0.15) is 33.1 Å². The summed E-state index contributed by atoms with van der Waals surface area (Å²) in [6, 6.07) is 24.5. The number of benzene rings is 4. The second-order valence-electron chi connectivity index (χ2n) is 9.89. The molecule has 43 heavy (non-hydrogen) atoms. The molecule has 0 amide bonds. The number of carbonyl (C=O) groups is 1. The van der Waals surface area contributed by atoms with Crippen LogP contribution < -0.4 is 4.74 Å². The molecule has 0 fully saturated rings. The van der Waals surface area contributed by atoms with Crippen LogP contribution in [0.2, 0.25) is 0 Å². The van der Waals surface area contributed by atoms with Crippen molar-refractivity contribution in [2.24, 2.45) is 0 Å². The fourth-order valence-electron chi connectivity index (χ4n) is 4.87. The van der Waals surface area contributed by atoms with Gasteiger partial charge in [-0.25, -0.2) is 23.4 Å². The molecular weight excluding hydrogens is 552 g/mol. The standard InChI is InChI=1S/C34H23F2N3O4/c1-37-26-11-9-25(30(36)18-26)20-43-27-5-2-4-21(14-27)22-7-8-23(29(35)15-22)17-33-38-31-12-10-24(34(40)41)16-32(31)39(33)19-28-6-3-13-42-28/h2-16,18H,17,19-20H2,(H,40,41). The number of halogens is 2. The van der Waals surface area contributed by atoms with Crippen LogP contribution in [-0.4, -0.2) is 20.6 Å². The number of ether oxygens (including phenoxy) is 1. The van der Waals surface area contributed by atoms with Crippen molar-refractivity contribution in [3.05, 3.63) is 149 Å². The molecule has 0 aliphatic heterocycles. The molecule has 0 saturated carbocycles. The highest BCUT2D eigenvalue weighted by Crippen LogP contribution is 2.29. The lowest BCUT2D eigenvalue weighted by molar-refractivity contribution is 0.0697. The van der Waals surface area contributed by atoms with Gasteiger partial charge in [0.2, 0.25) is 0 Å². The van der Waals surface area contributed by atoms with Gasteiger partial charge in [0.1, 0.15) is 35.6 Å². The topological polar surface area (TPSA) is 81.9 Å². The number of aromatic carboxylic acids is 1. The molecule has 0 unspecified atom stereocenters. The highest BCUT2D eigenvalue weighted by atomic mass is 19.1. The zero-order valence-electron chi connectivity index (χ0n) is 22.6. The Balaban J connectivity index is 1.25. The maximum atomic E-state index is 15.5. The first-order chi connectivity index (χ1) is 20.9. The fourth-order valence-corrected chi connectivity index (χ4v) is 4.87. The van der Waals surface area contributed by atoms with Gasteiger partial charge in [0.15, 0.2) is 5.69 Å². The molecule has 0 saturated heterocycles. The van der Waals surface area contributed by atoms with Gasteiger partial charge in [-0.2, -0.15) is 0 Å². The highest BCUT2D eigenvalue weighted by Gasteiger charge is 2.17. The summed E-state index contributed by atoms with van der Waals surface area (Å²) in [5.41, 5.74) is 3.66. The Morgan fingerprint density at radius 3 is 2.49 bits per heavy atom. The Labute approximate surface area is 245 Å². The van der Waals surface area contributed by atoms with E-state index in [-0.39, 0.29) is 24.3 Å². The maximum Gasteiger partial charge on any atom is 0.335 e. The molecule has 2 heterocycles. The number of rotatable bonds is 9. The molecule has 0 spiro atoms. The molecule has 0 bridgehead atoms. The quantitative estimate of drug-likeness (QED) is 0.177. The van der Waals surface area contributed by atoms with Crippen LogP contribution in [-0.2, 0) is 19.6 Å². The summed E-state index contributed by atoms with van der Waals surface area (Å²) < 4.78 is 42.9. The minimum atomic E-state index is -1.05. The van der Waals surface area contributed by atoms with E-state index in [1.54, 1.807) is 48.7 Å². The van der Waals surface area contributed by atoms with Crippen molar-refractivity contribution < 1.29 is 27.8 Å². The Bertz CT molecular complexity index is 2010. The molecule has 1 N–H and O–H groups in total. The van der Waals surface area contributed by atoms with Gasteiger partial charge in [-0.1, -0.05) is 36.4 Å². The zero-order valence-corrected chi connectivity index (χ0v) is 22.6. The van der Waals surface area contributed by atoms with Crippen LogP contribution in [0.4, 0.5) is 14.5 Å². The molecule has 9 heteroatoms. The second kappa shape index (κ2) is 11.6. The largest absolute Gasteiger partial charge is 0.489 e. The van der Waals surface area contributed by atoms with Crippen LogP contribution in [0.15, 0.2) is 102 Å². The Morgan fingerprint density at radius 1 is 0.930 bits per heavy atom. The number of hydrogen-bond donors (Lipinski definition) is 1. The maximum absolute atomic E-state index is 15.5. The smallest absolute Gasteiger partial charge is 0.335 e. The second-order valence-corrected chi connectivity index (χ2v) is 9.89. The third kappa shape index (κ3) is 5.85. The van der Waals surface area contributed by atoms with Crippen molar-refractivity contribution in [3.8, 4) is 16.9 Å². The molecule has 4 aromatic carbocycles. The van der Waals surface area contributed by atoms with E-state index in [0.717, 1.165) is 5.56 Å². The van der Waals surface area contributed by atoms with Gasteiger partial charge >= 0.3 is 5.97 Å². The number of nitrogens with zero attached hydrogens (tertiary/aromatic N) is 3. The van der Waals surface area contributed by atoms with E-state index in [0.29, 0.717) is 51.6 Å². The summed E-state index contributed by atoms with van der Waals surface area (Å²) in [7, 11) is 0. The van der Waals surface area contributed by atoms with Crippen LogP contribution in [0.3, 0.4) is 0 Å². The van der Waals surface area contributed by atoms with E-state index < -0.39 is 17.6 Å². The monoisotopic (exact) mass is 575 g/mol. The van der Waals surface area contributed by atoms with Gasteiger partial charge < -0.3 is 18.8 Å². The molecule has 0 atom stereocenters. The first kappa shape index (κ1) is 27.4. The predicted octanol–water partition coefficient (Wildman–Crippen LogP) is 8.04. The third-order valence-corrected chi connectivity index (χ3v) is 7.10. The first-order valence-electron chi connectivity index (χ1n) is 13.3. The van der Waals surface area contributed by atoms with Gasteiger partial charge in [-0.3, -0.25) is 0 Å². The number of imidazole rings is 1. The Hall–Kier alpha value is -5.75. The number of furan rings is 1. The summed E-state index contributed by atoms with van der Waals surface area (Å²) in [5.74, 6) is -0.276. The Morgan fingerprint density at radius 2 is 1.74 bits per heavy atom. The highest BCUT2D eigenvalue weighted by molar-refractivity contribution is 5.92.